The maximum absolute atomic E-state index is 11.7. The van der Waals surface area contributed by atoms with Crippen LogP contribution >= 0.6 is 0 Å². The van der Waals surface area contributed by atoms with Crippen molar-refractivity contribution in [2.45, 2.75) is 25.7 Å². The molecule has 1 aliphatic heterocycles. The molecule has 0 unspecified atom stereocenters. The lowest BCUT2D eigenvalue weighted by Crippen LogP contribution is -2.18. The van der Waals surface area contributed by atoms with Gasteiger partial charge in [-0.05, 0) is 43.4 Å². The van der Waals surface area contributed by atoms with E-state index in [0.29, 0.717) is 0 Å². The zero-order chi connectivity index (χ0) is 11.0. The molecule has 2 N–H and O–H groups in total. The van der Waals surface area contributed by atoms with E-state index in [4.69, 9.17) is 0 Å². The van der Waals surface area contributed by atoms with Crippen LogP contribution in [0, 0.1) is 5.92 Å². The van der Waals surface area contributed by atoms with Crippen molar-refractivity contribution in [3.05, 3.63) is 23.8 Å². The van der Waals surface area contributed by atoms with Crippen molar-refractivity contribution in [2.24, 2.45) is 5.92 Å². The van der Waals surface area contributed by atoms with Gasteiger partial charge in [-0.15, -0.1) is 0 Å². The molecule has 3 rings (SSSR count). The third kappa shape index (κ3) is 1.77. The molecular formula is C13H16N2O. The van der Waals surface area contributed by atoms with Gasteiger partial charge in [-0.25, -0.2) is 0 Å². The highest BCUT2D eigenvalue weighted by Gasteiger charge is 2.30. The number of carbonyl (C=O) groups is 1. The summed E-state index contributed by atoms with van der Waals surface area (Å²) >= 11 is 0. The molecular weight excluding hydrogens is 200 g/mol. The quantitative estimate of drug-likeness (QED) is 0.797. The minimum absolute atomic E-state index is 0.193. The lowest BCUT2D eigenvalue weighted by atomic mass is 10.0. The monoisotopic (exact) mass is 216 g/mol. The second kappa shape index (κ2) is 3.81. The molecule has 3 nitrogen and oxygen atoms in total. The molecule has 3 heteroatoms. The van der Waals surface area contributed by atoms with Crippen molar-refractivity contribution in [3.8, 4) is 0 Å². The summed E-state index contributed by atoms with van der Waals surface area (Å²) in [6.07, 6.45) is 4.31. The molecule has 1 aromatic rings. The lowest BCUT2D eigenvalue weighted by Gasteiger charge is -2.21. The van der Waals surface area contributed by atoms with Crippen LogP contribution in [0.1, 0.15) is 24.8 Å². The van der Waals surface area contributed by atoms with Crippen LogP contribution in [0.2, 0.25) is 0 Å². The third-order valence-corrected chi connectivity index (χ3v) is 3.30. The highest BCUT2D eigenvalue weighted by atomic mass is 16.2. The summed E-state index contributed by atoms with van der Waals surface area (Å²) in [4.78, 5) is 11.7. The van der Waals surface area contributed by atoms with Gasteiger partial charge in [-0.2, -0.15) is 0 Å². The van der Waals surface area contributed by atoms with Crippen LogP contribution in [0.3, 0.4) is 0 Å². The molecule has 0 saturated heterocycles. The second-order valence-electron chi connectivity index (χ2n) is 4.63. The van der Waals surface area contributed by atoms with Crippen LogP contribution in [0.4, 0.5) is 11.4 Å². The van der Waals surface area contributed by atoms with E-state index in [1.807, 2.05) is 12.1 Å². The fraction of sp³-hybridized carbons (Fsp3) is 0.462. The van der Waals surface area contributed by atoms with Crippen LogP contribution in [-0.2, 0) is 11.2 Å². The number of hydrogen-bond donors (Lipinski definition) is 2. The smallest absolute Gasteiger partial charge is 0.227 e. The van der Waals surface area contributed by atoms with E-state index in [1.165, 1.54) is 11.3 Å². The summed E-state index contributed by atoms with van der Waals surface area (Å²) in [5.41, 5.74) is 3.45. The summed E-state index contributed by atoms with van der Waals surface area (Å²) < 4.78 is 0. The van der Waals surface area contributed by atoms with Gasteiger partial charge in [-0.3, -0.25) is 4.79 Å². The zero-order valence-corrected chi connectivity index (χ0v) is 9.25. The molecule has 1 heterocycles. The van der Waals surface area contributed by atoms with Crippen LogP contribution < -0.4 is 10.6 Å². The Kier molecular flexibility index (Phi) is 2.31. The topological polar surface area (TPSA) is 41.1 Å². The van der Waals surface area contributed by atoms with Crippen molar-refractivity contribution < 1.29 is 4.79 Å². The molecule has 1 amide bonds. The van der Waals surface area contributed by atoms with E-state index in [0.717, 1.165) is 37.9 Å². The molecule has 16 heavy (non-hydrogen) atoms. The largest absolute Gasteiger partial charge is 0.385 e. The first kappa shape index (κ1) is 9.70. The Balaban J connectivity index is 1.85. The van der Waals surface area contributed by atoms with Gasteiger partial charge in [0.25, 0.3) is 0 Å². The van der Waals surface area contributed by atoms with E-state index in [-0.39, 0.29) is 11.8 Å². The van der Waals surface area contributed by atoms with E-state index >= 15 is 0 Å². The average molecular weight is 216 g/mol. The Labute approximate surface area is 95.2 Å². The number of carbonyl (C=O) groups excluding carboxylic acids is 1. The van der Waals surface area contributed by atoms with Gasteiger partial charge >= 0.3 is 0 Å². The van der Waals surface area contributed by atoms with Crippen molar-refractivity contribution in [1.29, 1.82) is 0 Å². The first-order chi connectivity index (χ1) is 7.84. The SMILES string of the molecule is O=C(Nc1cccc2c1CCCN2)C1CC1. The van der Waals surface area contributed by atoms with Crippen molar-refractivity contribution in [3.63, 3.8) is 0 Å². The molecule has 1 saturated carbocycles. The van der Waals surface area contributed by atoms with Gasteiger partial charge < -0.3 is 10.6 Å². The predicted molar refractivity (Wildman–Crippen MR) is 64.6 cm³/mol. The summed E-state index contributed by atoms with van der Waals surface area (Å²) in [7, 11) is 0. The lowest BCUT2D eigenvalue weighted by molar-refractivity contribution is -0.117. The van der Waals surface area contributed by atoms with Gasteiger partial charge in [0.15, 0.2) is 0 Å². The van der Waals surface area contributed by atoms with Crippen LogP contribution in [0.5, 0.6) is 0 Å². The maximum atomic E-state index is 11.7. The fourth-order valence-corrected chi connectivity index (χ4v) is 2.21. The van der Waals surface area contributed by atoms with Crippen LogP contribution in [-0.4, -0.2) is 12.5 Å². The van der Waals surface area contributed by atoms with Crippen molar-refractivity contribution in [2.75, 3.05) is 17.2 Å². The molecule has 1 aromatic carbocycles. The third-order valence-electron chi connectivity index (χ3n) is 3.30. The van der Waals surface area contributed by atoms with Gasteiger partial charge in [0.05, 0.1) is 0 Å². The highest BCUT2D eigenvalue weighted by Crippen LogP contribution is 2.33. The summed E-state index contributed by atoms with van der Waals surface area (Å²) in [6, 6.07) is 6.09. The molecule has 0 aromatic heterocycles. The minimum atomic E-state index is 0.193. The highest BCUT2D eigenvalue weighted by molar-refractivity contribution is 5.95. The zero-order valence-electron chi connectivity index (χ0n) is 9.25. The van der Waals surface area contributed by atoms with Crippen LogP contribution in [0.15, 0.2) is 18.2 Å². The van der Waals surface area contributed by atoms with Gasteiger partial charge in [0, 0.05) is 23.8 Å². The number of nitrogens with one attached hydrogen (secondary N) is 2. The number of amides is 1. The molecule has 0 radical (unpaired) electrons. The van der Waals surface area contributed by atoms with Gasteiger partial charge in [0.1, 0.15) is 0 Å². The van der Waals surface area contributed by atoms with E-state index in [1.54, 1.807) is 0 Å². The Bertz CT molecular complexity index is 424. The van der Waals surface area contributed by atoms with Crippen molar-refractivity contribution in [1.82, 2.24) is 0 Å². The molecule has 1 fully saturated rings. The summed E-state index contributed by atoms with van der Waals surface area (Å²) in [6.45, 7) is 1.03. The minimum Gasteiger partial charge on any atom is -0.385 e. The number of benzene rings is 1. The first-order valence-electron chi connectivity index (χ1n) is 6.01. The first-order valence-corrected chi connectivity index (χ1v) is 6.01. The normalized spacial score (nSPS) is 18.5. The number of hydrogen-bond acceptors (Lipinski definition) is 2. The Hall–Kier alpha value is -1.51. The van der Waals surface area contributed by atoms with Crippen molar-refractivity contribution >= 4 is 17.3 Å². The van der Waals surface area contributed by atoms with Gasteiger partial charge in [-0.1, -0.05) is 6.07 Å². The summed E-state index contributed by atoms with van der Waals surface area (Å²) in [5.74, 6) is 0.464. The predicted octanol–water partition coefficient (Wildman–Crippen LogP) is 2.39. The average Bonchev–Trinajstić information content (AvgIpc) is 3.13. The number of fused-ring (bicyclic) bond motifs is 1. The Morgan fingerprint density at radius 1 is 1.38 bits per heavy atom. The van der Waals surface area contributed by atoms with E-state index < -0.39 is 0 Å². The van der Waals surface area contributed by atoms with E-state index in [9.17, 15) is 4.79 Å². The molecule has 0 spiro atoms. The number of rotatable bonds is 2. The molecule has 0 bridgehead atoms. The molecule has 2 aliphatic rings. The Morgan fingerprint density at radius 3 is 3.06 bits per heavy atom. The second-order valence-corrected chi connectivity index (χ2v) is 4.63. The number of anilines is 2. The Morgan fingerprint density at radius 2 is 2.25 bits per heavy atom. The summed E-state index contributed by atoms with van der Waals surface area (Å²) in [5, 5.41) is 6.42. The molecule has 84 valence electrons. The van der Waals surface area contributed by atoms with Crippen LogP contribution in [0.25, 0.3) is 0 Å². The maximum Gasteiger partial charge on any atom is 0.227 e. The standard InChI is InChI=1S/C13H16N2O/c16-13(9-6-7-9)15-12-5-1-4-11-10(12)3-2-8-14-11/h1,4-5,9,14H,2-3,6-8H2,(H,15,16). The van der Waals surface area contributed by atoms with E-state index in [2.05, 4.69) is 16.7 Å². The van der Waals surface area contributed by atoms with Gasteiger partial charge in [0.2, 0.25) is 5.91 Å². The fourth-order valence-electron chi connectivity index (χ4n) is 2.21. The molecule has 1 aliphatic carbocycles. The molecule has 0 atom stereocenters.